The van der Waals surface area contributed by atoms with Crippen LogP contribution in [0.1, 0.15) is 0 Å². The molecule has 0 amide bonds. The van der Waals surface area contributed by atoms with Crippen molar-refractivity contribution in [3.63, 3.8) is 0 Å². The Balaban J connectivity index is 5.71. The van der Waals surface area contributed by atoms with Crippen LogP contribution in [-0.4, -0.2) is 81.3 Å². The van der Waals surface area contributed by atoms with Gasteiger partial charge in [0.1, 0.15) is 24.6 Å². The highest BCUT2D eigenvalue weighted by Crippen LogP contribution is 2.17. The van der Waals surface area contributed by atoms with Gasteiger partial charge in [0.15, 0.2) is 0 Å². The van der Waals surface area contributed by atoms with Crippen LogP contribution in [0.25, 0.3) is 0 Å². The molecule has 0 bridgehead atoms. The molecule has 0 saturated carbocycles. The number of aliphatic hydroxyl groups is 1. The number of nitrogens with two attached hydrogens (primary N) is 1. The van der Waals surface area contributed by atoms with E-state index in [1.54, 1.807) is 0 Å². The van der Waals surface area contributed by atoms with Gasteiger partial charge >= 0.3 is 31.2 Å². The van der Waals surface area contributed by atoms with Crippen molar-refractivity contribution >= 4 is 37.5 Å². The van der Waals surface area contributed by atoms with Gasteiger partial charge in [-0.2, -0.15) is 25.3 Å². The maximum atomic E-state index is 10.7. The minimum absolute atomic E-state index is 0.202. The lowest BCUT2D eigenvalue weighted by Crippen LogP contribution is -2.54. The van der Waals surface area contributed by atoms with E-state index >= 15 is 0 Å². The predicted octanol–water partition coefficient (Wildman–Crippen LogP) is -3.93. The van der Waals surface area contributed by atoms with Gasteiger partial charge in [-0.15, -0.1) is 0 Å². The molecule has 0 aliphatic heterocycles. The second-order valence-electron chi connectivity index (χ2n) is 3.97. The molecule has 0 aliphatic rings. The zero-order valence-corrected chi connectivity index (χ0v) is 13.7. The molecule has 18 heteroatoms. The SMILES string of the molecule is N[C@@H](C=O)[C@@H](OS(=O)(=O)O)[C@H](OS(=O)(=O)O)[C@H](O)COS(=O)(=O)O. The molecule has 144 valence electrons. The lowest BCUT2D eigenvalue weighted by atomic mass is 10.0. The van der Waals surface area contributed by atoms with Crippen molar-refractivity contribution in [3.05, 3.63) is 0 Å². The van der Waals surface area contributed by atoms with Gasteiger partial charge in [0.25, 0.3) is 0 Å². The van der Waals surface area contributed by atoms with Crippen molar-refractivity contribution in [2.24, 2.45) is 5.73 Å². The van der Waals surface area contributed by atoms with Crippen molar-refractivity contribution in [2.75, 3.05) is 6.61 Å². The maximum absolute atomic E-state index is 10.7. The minimum atomic E-state index is -5.42. The molecule has 0 aromatic carbocycles. The van der Waals surface area contributed by atoms with E-state index in [9.17, 15) is 35.2 Å². The number of hydrogen-bond acceptors (Lipinski definition) is 12. The molecule has 4 atom stereocenters. The Bertz CT molecular complexity index is 724. The predicted molar refractivity (Wildman–Crippen MR) is 70.4 cm³/mol. The maximum Gasteiger partial charge on any atom is 0.397 e. The van der Waals surface area contributed by atoms with Gasteiger partial charge in [0.2, 0.25) is 0 Å². The fourth-order valence-corrected chi connectivity index (χ4v) is 2.63. The monoisotopic (exact) mass is 419 g/mol. The molecular weight excluding hydrogens is 406 g/mol. The van der Waals surface area contributed by atoms with E-state index in [-0.39, 0.29) is 6.29 Å². The Hall–Kier alpha value is -0.800. The summed E-state index contributed by atoms with van der Waals surface area (Å²) < 4.78 is 101. The first-order valence-electron chi connectivity index (χ1n) is 5.38. The molecule has 15 nitrogen and oxygen atoms in total. The second kappa shape index (κ2) is 8.53. The van der Waals surface area contributed by atoms with Gasteiger partial charge in [0, 0.05) is 0 Å². The van der Waals surface area contributed by atoms with Crippen molar-refractivity contribution in [1.29, 1.82) is 0 Å². The topological polar surface area (TPSA) is 254 Å². The number of carbonyl (C=O) groups is 1. The van der Waals surface area contributed by atoms with Crippen LogP contribution in [-0.2, 0) is 48.5 Å². The van der Waals surface area contributed by atoms with Crippen molar-refractivity contribution in [2.45, 2.75) is 24.4 Å². The Kier molecular flexibility index (Phi) is 8.25. The van der Waals surface area contributed by atoms with Gasteiger partial charge in [0.05, 0.1) is 12.6 Å². The molecule has 0 heterocycles. The zero-order chi connectivity index (χ0) is 19.3. The zero-order valence-electron chi connectivity index (χ0n) is 11.3. The first kappa shape index (κ1) is 23.2. The van der Waals surface area contributed by atoms with E-state index < -0.39 is 62.2 Å². The van der Waals surface area contributed by atoms with Crippen LogP contribution in [0.4, 0.5) is 0 Å². The van der Waals surface area contributed by atoms with E-state index in [4.69, 9.17) is 19.4 Å². The van der Waals surface area contributed by atoms with Crippen LogP contribution < -0.4 is 5.73 Å². The van der Waals surface area contributed by atoms with E-state index in [1.807, 2.05) is 0 Å². The average Bonchev–Trinajstić information content (AvgIpc) is 2.36. The summed E-state index contributed by atoms with van der Waals surface area (Å²) in [7, 11) is -15.9. The summed E-state index contributed by atoms with van der Waals surface area (Å²) in [4.78, 5) is 10.6. The summed E-state index contributed by atoms with van der Waals surface area (Å²) in [6, 6.07) is -2.04. The largest absolute Gasteiger partial charge is 0.397 e. The lowest BCUT2D eigenvalue weighted by molar-refractivity contribution is -0.114. The summed E-state index contributed by atoms with van der Waals surface area (Å²) in [5.74, 6) is 0. The average molecular weight is 419 g/mol. The molecular formula is C6H13NO14S3. The fraction of sp³-hybridized carbons (Fsp3) is 0.833. The van der Waals surface area contributed by atoms with E-state index in [1.165, 1.54) is 0 Å². The van der Waals surface area contributed by atoms with E-state index in [0.29, 0.717) is 0 Å². The summed E-state index contributed by atoms with van der Waals surface area (Å²) in [6.07, 6.45) is -7.64. The third-order valence-electron chi connectivity index (χ3n) is 2.09. The highest BCUT2D eigenvalue weighted by molar-refractivity contribution is 7.81. The highest BCUT2D eigenvalue weighted by atomic mass is 32.3. The van der Waals surface area contributed by atoms with Gasteiger partial charge in [-0.25, -0.2) is 12.5 Å². The summed E-state index contributed by atoms with van der Waals surface area (Å²) >= 11 is 0. The van der Waals surface area contributed by atoms with Crippen LogP contribution in [0.3, 0.4) is 0 Å². The Morgan fingerprint density at radius 3 is 1.62 bits per heavy atom. The summed E-state index contributed by atoms with van der Waals surface area (Å²) in [6.45, 7) is -1.43. The molecule has 0 radical (unpaired) electrons. The van der Waals surface area contributed by atoms with Crippen LogP contribution in [0.15, 0.2) is 0 Å². The van der Waals surface area contributed by atoms with Crippen LogP contribution in [0.5, 0.6) is 0 Å². The summed E-state index contributed by atoms with van der Waals surface area (Å²) in [5, 5.41) is 9.62. The molecule has 0 aromatic heterocycles. The molecule has 6 N–H and O–H groups in total. The summed E-state index contributed by atoms with van der Waals surface area (Å²) in [5.41, 5.74) is 5.12. The van der Waals surface area contributed by atoms with Crippen molar-refractivity contribution in [1.82, 2.24) is 0 Å². The Morgan fingerprint density at radius 1 is 0.875 bits per heavy atom. The van der Waals surface area contributed by atoms with Gasteiger partial charge < -0.3 is 15.6 Å². The van der Waals surface area contributed by atoms with Crippen molar-refractivity contribution < 1.29 is 61.4 Å². The number of aldehydes is 1. The third kappa shape index (κ3) is 10.1. The smallest absolute Gasteiger partial charge is 0.388 e. The molecule has 0 unspecified atom stereocenters. The fourth-order valence-electron chi connectivity index (χ4n) is 1.28. The van der Waals surface area contributed by atoms with Crippen LogP contribution in [0, 0.1) is 0 Å². The molecule has 0 aromatic rings. The first-order valence-corrected chi connectivity index (χ1v) is 9.47. The van der Waals surface area contributed by atoms with Crippen LogP contribution in [0.2, 0.25) is 0 Å². The number of aliphatic hydroxyl groups excluding tert-OH is 1. The molecule has 0 aliphatic carbocycles. The lowest BCUT2D eigenvalue weighted by Gasteiger charge is -2.29. The van der Waals surface area contributed by atoms with Crippen LogP contribution >= 0.6 is 0 Å². The number of hydrogen-bond donors (Lipinski definition) is 5. The van der Waals surface area contributed by atoms with E-state index in [0.717, 1.165) is 0 Å². The van der Waals surface area contributed by atoms with Gasteiger partial charge in [-0.1, -0.05) is 0 Å². The second-order valence-corrected chi connectivity index (χ2v) is 7.16. The molecule has 0 rings (SSSR count). The molecule has 0 fully saturated rings. The normalized spacial score (nSPS) is 18.5. The Morgan fingerprint density at radius 2 is 1.29 bits per heavy atom. The first-order chi connectivity index (χ1) is 10.6. The number of rotatable bonds is 11. The quantitative estimate of drug-likeness (QED) is 0.158. The van der Waals surface area contributed by atoms with E-state index in [2.05, 4.69) is 12.5 Å². The molecule has 0 saturated heterocycles. The van der Waals surface area contributed by atoms with Gasteiger partial charge in [-0.05, 0) is 0 Å². The molecule has 0 spiro atoms. The number of carbonyl (C=O) groups excluding carboxylic acids is 1. The highest BCUT2D eigenvalue weighted by Gasteiger charge is 2.41. The third-order valence-corrected chi connectivity index (χ3v) is 3.46. The van der Waals surface area contributed by atoms with Gasteiger partial charge in [-0.3, -0.25) is 13.7 Å². The molecule has 24 heavy (non-hydrogen) atoms. The Labute approximate surface area is 136 Å². The standard InChI is InChI=1S/C6H13NO14S3/c7-3(1-8)5(20-23(13,14)15)6(21-24(16,17)18)4(9)2-19-22(10,11)12/h1,3-6,9H,2,7H2,(H,10,11,12)(H,13,14,15)(H,16,17,18)/t3-,4+,5+,6+/m0/s1. The van der Waals surface area contributed by atoms with Crippen molar-refractivity contribution in [3.8, 4) is 0 Å². The minimum Gasteiger partial charge on any atom is -0.388 e.